The number of halogens is 1. The van der Waals surface area contributed by atoms with E-state index in [2.05, 4.69) is 4.98 Å². The molecule has 1 aromatic carbocycles. The molecule has 0 unspecified atom stereocenters. The van der Waals surface area contributed by atoms with E-state index >= 15 is 0 Å². The van der Waals surface area contributed by atoms with Crippen LogP contribution in [0.2, 0.25) is 0 Å². The number of aromatic nitrogens is 1. The zero-order valence-electron chi connectivity index (χ0n) is 10.3. The molecule has 5 heteroatoms. The minimum absolute atomic E-state index is 0.0972. The molecule has 2 rings (SSSR count). The third kappa shape index (κ3) is 3.51. The number of pyridine rings is 1. The standard InChI is InChI=1S/C14H12FNO3/c1-18-12-4-2-3-10(7-12)9-19-14(17)11-5-6-16-13(15)8-11/h2-8H,9H2,1H3. The van der Waals surface area contributed by atoms with E-state index in [9.17, 15) is 9.18 Å². The molecule has 0 aliphatic heterocycles. The molecule has 1 heterocycles. The average Bonchev–Trinajstić information content (AvgIpc) is 2.45. The van der Waals surface area contributed by atoms with E-state index in [-0.39, 0.29) is 12.2 Å². The van der Waals surface area contributed by atoms with Gasteiger partial charge >= 0.3 is 5.97 Å². The van der Waals surface area contributed by atoms with Gasteiger partial charge in [0.1, 0.15) is 12.4 Å². The third-order valence-corrected chi connectivity index (χ3v) is 2.47. The van der Waals surface area contributed by atoms with E-state index in [0.29, 0.717) is 5.75 Å². The zero-order chi connectivity index (χ0) is 13.7. The summed E-state index contributed by atoms with van der Waals surface area (Å²) in [4.78, 5) is 15.0. The summed E-state index contributed by atoms with van der Waals surface area (Å²) in [6.45, 7) is 0.0972. The molecule has 2 aromatic rings. The number of carbonyl (C=O) groups excluding carboxylic acids is 1. The number of ether oxygens (including phenoxy) is 2. The lowest BCUT2D eigenvalue weighted by molar-refractivity contribution is 0.0471. The molecule has 4 nitrogen and oxygen atoms in total. The maximum absolute atomic E-state index is 12.9. The summed E-state index contributed by atoms with van der Waals surface area (Å²) in [5.74, 6) is -0.622. The summed E-state index contributed by atoms with van der Waals surface area (Å²) in [6.07, 6.45) is 1.22. The zero-order valence-corrected chi connectivity index (χ0v) is 10.3. The first kappa shape index (κ1) is 13.0. The molecule has 0 saturated heterocycles. The molecule has 1 aromatic heterocycles. The first-order valence-corrected chi connectivity index (χ1v) is 5.60. The fourth-order valence-corrected chi connectivity index (χ4v) is 1.52. The Morgan fingerprint density at radius 1 is 1.32 bits per heavy atom. The van der Waals surface area contributed by atoms with Crippen LogP contribution in [0.15, 0.2) is 42.6 Å². The van der Waals surface area contributed by atoms with Gasteiger partial charge in [0.15, 0.2) is 0 Å². The van der Waals surface area contributed by atoms with Gasteiger partial charge in [-0.2, -0.15) is 4.39 Å². The monoisotopic (exact) mass is 261 g/mol. The number of nitrogens with zero attached hydrogens (tertiary/aromatic N) is 1. The highest BCUT2D eigenvalue weighted by molar-refractivity contribution is 5.89. The fraction of sp³-hybridized carbons (Fsp3) is 0.143. The van der Waals surface area contributed by atoms with E-state index in [1.165, 1.54) is 12.3 Å². The number of benzene rings is 1. The molecule has 0 aliphatic rings. The van der Waals surface area contributed by atoms with Crippen LogP contribution >= 0.6 is 0 Å². The van der Waals surface area contributed by atoms with Gasteiger partial charge in [0.25, 0.3) is 0 Å². The minimum Gasteiger partial charge on any atom is -0.497 e. The highest BCUT2D eigenvalue weighted by Gasteiger charge is 2.08. The van der Waals surface area contributed by atoms with Gasteiger partial charge in [-0.05, 0) is 23.8 Å². The predicted octanol–water partition coefficient (Wildman–Crippen LogP) is 2.59. The summed E-state index contributed by atoms with van der Waals surface area (Å²) in [6, 6.07) is 9.60. The smallest absolute Gasteiger partial charge is 0.338 e. The lowest BCUT2D eigenvalue weighted by Crippen LogP contribution is -2.06. The Morgan fingerprint density at radius 3 is 2.89 bits per heavy atom. The number of hydrogen-bond acceptors (Lipinski definition) is 4. The second-order valence-corrected chi connectivity index (χ2v) is 3.79. The van der Waals surface area contributed by atoms with Crippen LogP contribution in [-0.4, -0.2) is 18.1 Å². The molecule has 0 saturated carbocycles. The number of rotatable bonds is 4. The van der Waals surface area contributed by atoms with Crippen molar-refractivity contribution in [3.8, 4) is 5.75 Å². The maximum atomic E-state index is 12.9. The molecule has 0 atom stereocenters. The predicted molar refractivity (Wildman–Crippen MR) is 66.3 cm³/mol. The van der Waals surface area contributed by atoms with Crippen LogP contribution in [0.3, 0.4) is 0 Å². The molecular formula is C14H12FNO3. The molecule has 0 amide bonds. The van der Waals surface area contributed by atoms with Crippen molar-refractivity contribution in [1.29, 1.82) is 0 Å². The van der Waals surface area contributed by atoms with Crippen LogP contribution in [-0.2, 0) is 11.3 Å². The molecule has 0 bridgehead atoms. The van der Waals surface area contributed by atoms with Crippen LogP contribution < -0.4 is 4.74 Å². The second kappa shape index (κ2) is 5.95. The van der Waals surface area contributed by atoms with Crippen molar-refractivity contribution in [2.24, 2.45) is 0 Å². The van der Waals surface area contributed by atoms with Gasteiger partial charge in [-0.15, -0.1) is 0 Å². The molecule has 0 radical (unpaired) electrons. The maximum Gasteiger partial charge on any atom is 0.338 e. The van der Waals surface area contributed by atoms with Crippen molar-refractivity contribution in [1.82, 2.24) is 4.98 Å². The van der Waals surface area contributed by atoms with Gasteiger partial charge in [-0.25, -0.2) is 9.78 Å². The van der Waals surface area contributed by atoms with Crippen molar-refractivity contribution < 1.29 is 18.7 Å². The topological polar surface area (TPSA) is 48.4 Å². The van der Waals surface area contributed by atoms with Gasteiger partial charge < -0.3 is 9.47 Å². The van der Waals surface area contributed by atoms with Crippen LogP contribution in [0.5, 0.6) is 5.75 Å². The van der Waals surface area contributed by atoms with Crippen molar-refractivity contribution in [3.05, 3.63) is 59.7 Å². The summed E-state index contributed by atoms with van der Waals surface area (Å²) in [5.41, 5.74) is 0.928. The number of hydrogen-bond donors (Lipinski definition) is 0. The first-order chi connectivity index (χ1) is 9.19. The van der Waals surface area contributed by atoms with E-state index in [0.717, 1.165) is 11.6 Å². The summed E-state index contributed by atoms with van der Waals surface area (Å²) in [5, 5.41) is 0. The first-order valence-electron chi connectivity index (χ1n) is 5.60. The van der Waals surface area contributed by atoms with E-state index < -0.39 is 11.9 Å². The molecular weight excluding hydrogens is 249 g/mol. The van der Waals surface area contributed by atoms with Crippen LogP contribution in [0.4, 0.5) is 4.39 Å². The molecule has 19 heavy (non-hydrogen) atoms. The van der Waals surface area contributed by atoms with Gasteiger partial charge in [0.2, 0.25) is 5.95 Å². The van der Waals surface area contributed by atoms with E-state index in [4.69, 9.17) is 9.47 Å². The third-order valence-electron chi connectivity index (χ3n) is 2.47. The molecule has 98 valence electrons. The normalized spacial score (nSPS) is 10.0. The SMILES string of the molecule is COc1cccc(COC(=O)c2ccnc(F)c2)c1. The Kier molecular flexibility index (Phi) is 4.07. The van der Waals surface area contributed by atoms with E-state index in [1.54, 1.807) is 25.3 Å². The van der Waals surface area contributed by atoms with Gasteiger partial charge in [-0.3, -0.25) is 0 Å². The van der Waals surface area contributed by atoms with E-state index in [1.807, 2.05) is 6.07 Å². The summed E-state index contributed by atoms with van der Waals surface area (Å²) >= 11 is 0. The molecule has 0 aliphatic carbocycles. The number of methoxy groups -OCH3 is 1. The van der Waals surface area contributed by atoms with Crippen LogP contribution in [0.1, 0.15) is 15.9 Å². The lowest BCUT2D eigenvalue weighted by Gasteiger charge is -2.06. The van der Waals surface area contributed by atoms with Gasteiger partial charge in [-0.1, -0.05) is 12.1 Å². The lowest BCUT2D eigenvalue weighted by atomic mass is 10.2. The quantitative estimate of drug-likeness (QED) is 0.627. The highest BCUT2D eigenvalue weighted by atomic mass is 19.1. The van der Waals surface area contributed by atoms with Crippen molar-refractivity contribution in [2.45, 2.75) is 6.61 Å². The molecule has 0 N–H and O–H groups in total. The van der Waals surface area contributed by atoms with Crippen molar-refractivity contribution in [3.63, 3.8) is 0 Å². The Labute approximate surface area is 109 Å². The number of carbonyl (C=O) groups is 1. The molecule has 0 fully saturated rings. The minimum atomic E-state index is -0.712. The summed E-state index contributed by atoms with van der Waals surface area (Å²) in [7, 11) is 1.56. The van der Waals surface area contributed by atoms with Gasteiger partial charge in [0, 0.05) is 12.3 Å². The largest absolute Gasteiger partial charge is 0.497 e. The van der Waals surface area contributed by atoms with Crippen molar-refractivity contribution in [2.75, 3.05) is 7.11 Å². The van der Waals surface area contributed by atoms with Crippen molar-refractivity contribution >= 4 is 5.97 Å². The Balaban J connectivity index is 2.00. The van der Waals surface area contributed by atoms with Crippen LogP contribution in [0, 0.1) is 5.95 Å². The van der Waals surface area contributed by atoms with Gasteiger partial charge in [0.05, 0.1) is 12.7 Å². The molecule has 0 spiro atoms. The Hall–Kier alpha value is -2.43. The number of esters is 1. The van der Waals surface area contributed by atoms with Crippen LogP contribution in [0.25, 0.3) is 0 Å². The Morgan fingerprint density at radius 2 is 2.16 bits per heavy atom. The second-order valence-electron chi connectivity index (χ2n) is 3.79. The average molecular weight is 261 g/mol. The fourth-order valence-electron chi connectivity index (χ4n) is 1.52. The highest BCUT2D eigenvalue weighted by Crippen LogP contribution is 2.14. The summed E-state index contributed by atoms with van der Waals surface area (Å²) < 4.78 is 23.0. The Bertz CT molecular complexity index is 586.